The van der Waals surface area contributed by atoms with Gasteiger partial charge in [-0.3, -0.25) is 14.4 Å². The molecule has 2 saturated heterocycles. The summed E-state index contributed by atoms with van der Waals surface area (Å²) in [6, 6.07) is 23.1. The molecule has 0 saturated carbocycles. The molecule has 3 amide bonds. The number of hydrogen-bond acceptors (Lipinski definition) is 3. The second-order valence-corrected chi connectivity index (χ2v) is 13.2. The number of benzene rings is 3. The molecule has 8 rings (SSSR count). The van der Waals surface area contributed by atoms with Gasteiger partial charge in [0, 0.05) is 18.7 Å². The Hall–Kier alpha value is -2.77. The molecule has 3 aromatic carbocycles. The SMILES string of the molecule is O=C(c1ccc(N2C(=O)[C@@H]3[C@@H](C2=O)C2(Br)c4ccccc4C3(Br)c3ccccc32)cc1)N1CCCCCC1. The van der Waals surface area contributed by atoms with Crippen LogP contribution in [0.25, 0.3) is 0 Å². The molecule has 2 bridgehead atoms. The molecule has 2 fully saturated rings. The maximum absolute atomic E-state index is 14.2. The van der Waals surface area contributed by atoms with E-state index in [0.717, 1.165) is 61.0 Å². The van der Waals surface area contributed by atoms with Crippen LogP contribution in [0.1, 0.15) is 58.3 Å². The van der Waals surface area contributed by atoms with E-state index in [9.17, 15) is 14.4 Å². The van der Waals surface area contributed by atoms with E-state index >= 15 is 0 Å². The van der Waals surface area contributed by atoms with E-state index in [2.05, 4.69) is 56.1 Å². The van der Waals surface area contributed by atoms with Gasteiger partial charge in [0.05, 0.1) is 26.2 Å². The topological polar surface area (TPSA) is 57.7 Å². The molecule has 0 N–H and O–H groups in total. The highest BCUT2D eigenvalue weighted by atomic mass is 79.9. The Balaban J connectivity index is 1.29. The Bertz CT molecular complexity index is 1370. The predicted molar refractivity (Wildman–Crippen MR) is 153 cm³/mol. The monoisotopic (exact) mass is 632 g/mol. The van der Waals surface area contributed by atoms with E-state index < -0.39 is 20.5 Å². The molecule has 3 aliphatic carbocycles. The average molecular weight is 634 g/mol. The van der Waals surface area contributed by atoms with Crippen LogP contribution in [-0.2, 0) is 18.2 Å². The zero-order valence-electron chi connectivity index (χ0n) is 20.7. The smallest absolute Gasteiger partial charge is 0.253 e. The van der Waals surface area contributed by atoms with Crippen molar-refractivity contribution in [3.8, 4) is 0 Å². The minimum absolute atomic E-state index is 0.00830. The van der Waals surface area contributed by atoms with Gasteiger partial charge in [0.15, 0.2) is 0 Å². The number of nitrogens with zero attached hydrogens (tertiary/aromatic N) is 2. The molecule has 7 heteroatoms. The number of halogens is 2. The summed E-state index contributed by atoms with van der Waals surface area (Å²) in [4.78, 5) is 44.7. The number of carbonyl (C=O) groups is 3. The maximum atomic E-state index is 14.2. The van der Waals surface area contributed by atoms with Gasteiger partial charge in [-0.25, -0.2) is 4.90 Å². The Labute approximate surface area is 238 Å². The number of alkyl halides is 2. The number of rotatable bonds is 2. The highest BCUT2D eigenvalue weighted by Crippen LogP contribution is 2.70. The van der Waals surface area contributed by atoms with Gasteiger partial charge in [-0.05, 0) is 59.4 Å². The van der Waals surface area contributed by atoms with Crippen molar-refractivity contribution in [1.29, 1.82) is 0 Å². The van der Waals surface area contributed by atoms with Gasteiger partial charge in [-0.1, -0.05) is 93.2 Å². The molecule has 0 aromatic heterocycles. The van der Waals surface area contributed by atoms with Crippen LogP contribution in [0.3, 0.4) is 0 Å². The number of hydrogen-bond donors (Lipinski definition) is 0. The van der Waals surface area contributed by atoms with E-state index in [-0.39, 0.29) is 17.7 Å². The molecular weight excluding hydrogens is 608 g/mol. The van der Waals surface area contributed by atoms with Gasteiger partial charge in [0.1, 0.15) is 0 Å². The van der Waals surface area contributed by atoms with Gasteiger partial charge in [0.2, 0.25) is 11.8 Å². The fraction of sp³-hybridized carbons (Fsp3) is 0.323. The molecule has 0 radical (unpaired) electrons. The summed E-state index contributed by atoms with van der Waals surface area (Å²) in [6.07, 6.45) is 4.36. The molecule has 38 heavy (non-hydrogen) atoms. The minimum Gasteiger partial charge on any atom is -0.339 e. The van der Waals surface area contributed by atoms with E-state index in [0.29, 0.717) is 11.3 Å². The van der Waals surface area contributed by atoms with E-state index in [1.165, 1.54) is 4.90 Å². The van der Waals surface area contributed by atoms with Gasteiger partial charge in [-0.2, -0.15) is 0 Å². The van der Waals surface area contributed by atoms with Crippen molar-refractivity contribution >= 4 is 55.3 Å². The van der Waals surface area contributed by atoms with Crippen molar-refractivity contribution in [3.05, 3.63) is 101 Å². The zero-order chi connectivity index (χ0) is 26.2. The van der Waals surface area contributed by atoms with E-state index in [1.807, 2.05) is 29.2 Å². The third-order valence-electron chi connectivity index (χ3n) is 8.85. The van der Waals surface area contributed by atoms with E-state index in [1.54, 1.807) is 24.3 Å². The number of carbonyl (C=O) groups excluding carboxylic acids is 3. The summed E-state index contributed by atoms with van der Waals surface area (Å²) < 4.78 is -1.63. The predicted octanol–water partition coefficient (Wildman–Crippen LogP) is 6.11. The quantitative estimate of drug-likeness (QED) is 0.253. The lowest BCUT2D eigenvalue weighted by molar-refractivity contribution is -0.122. The van der Waals surface area contributed by atoms with Crippen molar-refractivity contribution in [1.82, 2.24) is 4.90 Å². The number of imide groups is 1. The van der Waals surface area contributed by atoms with Crippen molar-refractivity contribution in [2.24, 2.45) is 11.8 Å². The second kappa shape index (κ2) is 8.62. The molecule has 2 heterocycles. The highest BCUT2D eigenvalue weighted by molar-refractivity contribution is 9.10. The first kappa shape index (κ1) is 24.3. The summed E-state index contributed by atoms with van der Waals surface area (Å²) in [5.41, 5.74) is 5.13. The molecule has 3 aromatic rings. The summed E-state index contributed by atoms with van der Waals surface area (Å²) >= 11 is 8.08. The van der Waals surface area contributed by atoms with Crippen LogP contribution in [0.15, 0.2) is 72.8 Å². The van der Waals surface area contributed by atoms with Crippen molar-refractivity contribution in [2.45, 2.75) is 34.3 Å². The third-order valence-corrected chi connectivity index (χ3v) is 11.5. The van der Waals surface area contributed by atoms with Gasteiger partial charge in [0.25, 0.3) is 5.91 Å². The van der Waals surface area contributed by atoms with Crippen molar-refractivity contribution in [3.63, 3.8) is 0 Å². The second-order valence-electron chi connectivity index (χ2n) is 10.7. The lowest BCUT2D eigenvalue weighted by Gasteiger charge is -2.55. The number of anilines is 1. The summed E-state index contributed by atoms with van der Waals surface area (Å²) in [6.45, 7) is 1.55. The third kappa shape index (κ3) is 3.06. The van der Waals surface area contributed by atoms with Crippen LogP contribution in [0.4, 0.5) is 5.69 Å². The average Bonchev–Trinajstić information content (AvgIpc) is 3.09. The van der Waals surface area contributed by atoms with Crippen molar-refractivity contribution < 1.29 is 14.4 Å². The molecule has 192 valence electrons. The fourth-order valence-corrected chi connectivity index (χ4v) is 9.43. The minimum atomic E-state index is -0.815. The molecule has 2 aliphatic heterocycles. The van der Waals surface area contributed by atoms with E-state index in [4.69, 9.17) is 0 Å². The lowest BCUT2D eigenvalue weighted by Crippen LogP contribution is -2.56. The number of likely N-dealkylation sites (tertiary alicyclic amines) is 1. The van der Waals surface area contributed by atoms with Gasteiger partial charge < -0.3 is 4.90 Å². The Morgan fingerprint density at radius 2 is 1.08 bits per heavy atom. The molecule has 5 nitrogen and oxygen atoms in total. The molecule has 2 atom stereocenters. The molecule has 0 unspecified atom stereocenters. The summed E-state index contributed by atoms with van der Waals surface area (Å²) in [7, 11) is 0. The first-order valence-electron chi connectivity index (χ1n) is 13.2. The summed E-state index contributed by atoms with van der Waals surface area (Å²) in [5.74, 6) is -1.67. The van der Waals surface area contributed by atoms with Crippen LogP contribution < -0.4 is 4.90 Å². The summed E-state index contributed by atoms with van der Waals surface area (Å²) in [5, 5.41) is 0. The first-order valence-corrected chi connectivity index (χ1v) is 14.8. The zero-order valence-corrected chi connectivity index (χ0v) is 23.9. The molecule has 0 spiro atoms. The maximum Gasteiger partial charge on any atom is 0.253 e. The Morgan fingerprint density at radius 3 is 1.50 bits per heavy atom. The van der Waals surface area contributed by atoms with Crippen molar-refractivity contribution in [2.75, 3.05) is 18.0 Å². The lowest BCUT2D eigenvalue weighted by atomic mass is 9.54. The highest BCUT2D eigenvalue weighted by Gasteiger charge is 2.72. The normalized spacial score (nSPS) is 29.5. The Morgan fingerprint density at radius 1 is 0.658 bits per heavy atom. The standard InChI is InChI=1S/C31H26Br2N2O3/c32-30-21-9-3-4-10-22(21)31(33,24-12-6-5-11-23(24)30)26-25(30)28(37)35(29(26)38)20-15-13-19(14-16-20)27(36)34-17-7-1-2-8-18-34/h3-6,9-16,25-26H,1-2,7-8,17-18H2/t25-,26-,30?,31?/m0/s1. The molecular formula is C31H26Br2N2O3. The van der Waals surface area contributed by atoms with Crippen LogP contribution in [0, 0.1) is 11.8 Å². The van der Waals surface area contributed by atoms with Crippen LogP contribution >= 0.6 is 31.9 Å². The van der Waals surface area contributed by atoms with Crippen LogP contribution in [0.5, 0.6) is 0 Å². The number of amides is 3. The largest absolute Gasteiger partial charge is 0.339 e. The first-order chi connectivity index (χ1) is 18.4. The van der Waals surface area contributed by atoms with Crippen LogP contribution in [0.2, 0.25) is 0 Å². The molecule has 5 aliphatic rings. The Kier molecular flexibility index (Phi) is 5.51. The van der Waals surface area contributed by atoms with Crippen LogP contribution in [-0.4, -0.2) is 35.7 Å². The van der Waals surface area contributed by atoms with Gasteiger partial charge in [-0.15, -0.1) is 0 Å². The van der Waals surface area contributed by atoms with Gasteiger partial charge >= 0.3 is 0 Å². The fourth-order valence-electron chi connectivity index (χ4n) is 7.13.